The summed E-state index contributed by atoms with van der Waals surface area (Å²) in [5.41, 5.74) is 1.97. The van der Waals surface area contributed by atoms with Crippen LogP contribution in [0.2, 0.25) is 0 Å². The number of carbonyl (C=O) groups excluding carboxylic acids is 1. The van der Waals surface area contributed by atoms with Gasteiger partial charge in [-0.25, -0.2) is 0 Å². The Hall–Kier alpha value is -1.39. The fraction of sp³-hybridized carbons (Fsp3) is 0.588. The third-order valence-corrected chi connectivity index (χ3v) is 4.08. The Bertz CT molecular complexity index is 450. The van der Waals surface area contributed by atoms with Gasteiger partial charge in [0.2, 0.25) is 0 Å². The molecule has 1 fully saturated rings. The number of carbonyl (C=O) groups is 1. The Morgan fingerprint density at radius 2 is 1.81 bits per heavy atom. The lowest BCUT2D eigenvalue weighted by atomic mass is 10.1. The maximum atomic E-state index is 12.1. The molecule has 1 saturated heterocycles. The third kappa shape index (κ3) is 4.83. The molecule has 1 atom stereocenters. The molecule has 4 heteroatoms. The normalized spacial score (nSPS) is 17.7. The third-order valence-electron chi connectivity index (χ3n) is 4.08. The van der Waals surface area contributed by atoms with E-state index in [-0.39, 0.29) is 11.9 Å². The van der Waals surface area contributed by atoms with Crippen molar-refractivity contribution in [3.63, 3.8) is 0 Å². The summed E-state index contributed by atoms with van der Waals surface area (Å²) in [4.78, 5) is 14.5. The minimum Gasteiger partial charge on any atom is -0.379 e. The lowest BCUT2D eigenvalue weighted by Crippen LogP contribution is -2.36. The van der Waals surface area contributed by atoms with Crippen molar-refractivity contribution >= 4 is 5.91 Å². The number of hydrogen-bond donors (Lipinski definition) is 1. The average Bonchev–Trinajstić information content (AvgIpc) is 2.48. The highest BCUT2D eigenvalue weighted by Gasteiger charge is 2.13. The van der Waals surface area contributed by atoms with E-state index < -0.39 is 0 Å². The Morgan fingerprint density at radius 3 is 2.38 bits per heavy atom. The van der Waals surface area contributed by atoms with Crippen LogP contribution in [0.15, 0.2) is 24.3 Å². The molecular weight excluding hydrogens is 264 g/mol. The Morgan fingerprint density at radius 1 is 1.19 bits per heavy atom. The van der Waals surface area contributed by atoms with Gasteiger partial charge in [-0.15, -0.1) is 0 Å². The summed E-state index contributed by atoms with van der Waals surface area (Å²) < 4.78 is 5.35. The number of morpholine rings is 1. The van der Waals surface area contributed by atoms with Crippen molar-refractivity contribution in [1.29, 1.82) is 0 Å². The van der Waals surface area contributed by atoms with Crippen molar-refractivity contribution in [2.24, 2.45) is 5.92 Å². The van der Waals surface area contributed by atoms with Crippen molar-refractivity contribution < 1.29 is 9.53 Å². The molecule has 1 amide bonds. The number of ether oxygens (including phenoxy) is 1. The van der Waals surface area contributed by atoms with Crippen molar-refractivity contribution in [2.45, 2.75) is 33.4 Å². The molecule has 0 aliphatic carbocycles. The van der Waals surface area contributed by atoms with Gasteiger partial charge >= 0.3 is 0 Å². The SMILES string of the molecule is CC(C)[C@@H](C)NC(=O)c1ccc(CN2CCOCC2)cc1. The van der Waals surface area contributed by atoms with Crippen LogP contribution in [0.1, 0.15) is 36.7 Å². The maximum Gasteiger partial charge on any atom is 0.251 e. The number of benzene rings is 1. The largest absolute Gasteiger partial charge is 0.379 e. The summed E-state index contributed by atoms with van der Waals surface area (Å²) in [6, 6.07) is 8.11. The molecule has 1 aliphatic rings. The van der Waals surface area contributed by atoms with Gasteiger partial charge in [-0.2, -0.15) is 0 Å². The molecule has 0 bridgehead atoms. The second kappa shape index (κ2) is 7.57. The number of rotatable bonds is 5. The molecular formula is C17H26N2O2. The number of nitrogens with zero attached hydrogens (tertiary/aromatic N) is 1. The molecule has 1 heterocycles. The quantitative estimate of drug-likeness (QED) is 0.904. The molecule has 1 aliphatic heterocycles. The number of hydrogen-bond acceptors (Lipinski definition) is 3. The lowest BCUT2D eigenvalue weighted by Gasteiger charge is -2.26. The van der Waals surface area contributed by atoms with Gasteiger partial charge in [-0.3, -0.25) is 9.69 Å². The molecule has 2 rings (SSSR count). The first kappa shape index (κ1) is 16.0. The zero-order valence-corrected chi connectivity index (χ0v) is 13.3. The Balaban J connectivity index is 1.90. The molecule has 4 nitrogen and oxygen atoms in total. The van der Waals surface area contributed by atoms with Gasteiger partial charge < -0.3 is 10.1 Å². The van der Waals surface area contributed by atoms with Crippen molar-refractivity contribution in [3.05, 3.63) is 35.4 Å². The molecule has 0 unspecified atom stereocenters. The Labute approximate surface area is 127 Å². The van der Waals surface area contributed by atoms with Crippen LogP contribution >= 0.6 is 0 Å². The Kier molecular flexibility index (Phi) is 5.76. The van der Waals surface area contributed by atoms with Crippen molar-refractivity contribution in [2.75, 3.05) is 26.3 Å². The molecule has 1 aromatic carbocycles. The summed E-state index contributed by atoms with van der Waals surface area (Å²) >= 11 is 0. The van der Waals surface area contributed by atoms with E-state index in [0.29, 0.717) is 5.92 Å². The second-order valence-corrected chi connectivity index (χ2v) is 6.09. The molecule has 0 aromatic heterocycles. The summed E-state index contributed by atoms with van der Waals surface area (Å²) in [5, 5.41) is 3.03. The smallest absolute Gasteiger partial charge is 0.251 e. The van der Waals surface area contributed by atoms with Gasteiger partial charge in [0.15, 0.2) is 0 Å². The maximum absolute atomic E-state index is 12.1. The van der Waals surface area contributed by atoms with Gasteiger partial charge in [-0.05, 0) is 30.5 Å². The van der Waals surface area contributed by atoms with Crippen LogP contribution in [-0.4, -0.2) is 43.2 Å². The molecule has 1 N–H and O–H groups in total. The summed E-state index contributed by atoms with van der Waals surface area (Å²) in [7, 11) is 0. The van der Waals surface area contributed by atoms with E-state index in [1.807, 2.05) is 31.2 Å². The van der Waals surface area contributed by atoms with Gasteiger partial charge in [-0.1, -0.05) is 26.0 Å². The van der Waals surface area contributed by atoms with Crippen LogP contribution < -0.4 is 5.32 Å². The van der Waals surface area contributed by atoms with E-state index in [4.69, 9.17) is 4.74 Å². The second-order valence-electron chi connectivity index (χ2n) is 6.09. The predicted molar refractivity (Wildman–Crippen MR) is 84.3 cm³/mol. The fourth-order valence-electron chi connectivity index (χ4n) is 2.24. The summed E-state index contributed by atoms with van der Waals surface area (Å²) in [6.45, 7) is 10.8. The minimum absolute atomic E-state index is 0.00845. The predicted octanol–water partition coefficient (Wildman–Crippen LogP) is 2.29. The van der Waals surface area contributed by atoms with Gasteiger partial charge in [0.1, 0.15) is 0 Å². The van der Waals surface area contributed by atoms with Crippen LogP contribution in [0.5, 0.6) is 0 Å². The van der Waals surface area contributed by atoms with Gasteiger partial charge in [0.05, 0.1) is 13.2 Å². The fourth-order valence-corrected chi connectivity index (χ4v) is 2.24. The molecule has 0 spiro atoms. The lowest BCUT2D eigenvalue weighted by molar-refractivity contribution is 0.0342. The highest BCUT2D eigenvalue weighted by atomic mass is 16.5. The van der Waals surface area contributed by atoms with E-state index in [2.05, 4.69) is 24.1 Å². The topological polar surface area (TPSA) is 41.6 Å². The van der Waals surface area contributed by atoms with Crippen LogP contribution in [0, 0.1) is 5.92 Å². The summed E-state index contributed by atoms with van der Waals surface area (Å²) in [6.07, 6.45) is 0. The zero-order chi connectivity index (χ0) is 15.2. The molecule has 116 valence electrons. The van der Waals surface area contributed by atoms with Crippen LogP contribution in [0.4, 0.5) is 0 Å². The standard InChI is InChI=1S/C17H26N2O2/c1-13(2)14(3)18-17(20)16-6-4-15(5-7-16)12-19-8-10-21-11-9-19/h4-7,13-14H,8-12H2,1-3H3,(H,18,20)/t14-/m1/s1. The first-order valence-corrected chi connectivity index (χ1v) is 7.76. The average molecular weight is 290 g/mol. The first-order chi connectivity index (χ1) is 10.1. The molecule has 0 radical (unpaired) electrons. The zero-order valence-electron chi connectivity index (χ0n) is 13.3. The highest BCUT2D eigenvalue weighted by Crippen LogP contribution is 2.10. The van der Waals surface area contributed by atoms with Gasteiger partial charge in [0, 0.05) is 31.2 Å². The van der Waals surface area contributed by atoms with E-state index in [0.717, 1.165) is 38.4 Å². The van der Waals surface area contributed by atoms with Gasteiger partial charge in [0.25, 0.3) is 5.91 Å². The van der Waals surface area contributed by atoms with Crippen LogP contribution in [0.3, 0.4) is 0 Å². The number of nitrogens with one attached hydrogen (secondary N) is 1. The van der Waals surface area contributed by atoms with E-state index in [1.165, 1.54) is 5.56 Å². The minimum atomic E-state index is 0.00845. The number of amides is 1. The van der Waals surface area contributed by atoms with Crippen LogP contribution in [0.25, 0.3) is 0 Å². The van der Waals surface area contributed by atoms with Crippen molar-refractivity contribution in [1.82, 2.24) is 10.2 Å². The van der Waals surface area contributed by atoms with Crippen molar-refractivity contribution in [3.8, 4) is 0 Å². The summed E-state index contributed by atoms with van der Waals surface area (Å²) in [5.74, 6) is 0.448. The van der Waals surface area contributed by atoms with E-state index in [9.17, 15) is 4.79 Å². The van der Waals surface area contributed by atoms with E-state index >= 15 is 0 Å². The molecule has 0 saturated carbocycles. The molecule has 21 heavy (non-hydrogen) atoms. The molecule has 1 aromatic rings. The van der Waals surface area contributed by atoms with Crippen LogP contribution in [-0.2, 0) is 11.3 Å². The monoisotopic (exact) mass is 290 g/mol. The first-order valence-electron chi connectivity index (χ1n) is 7.76. The highest BCUT2D eigenvalue weighted by molar-refractivity contribution is 5.94. The van der Waals surface area contributed by atoms with E-state index in [1.54, 1.807) is 0 Å².